The summed E-state index contributed by atoms with van der Waals surface area (Å²) in [6.07, 6.45) is 0. The molecule has 14 heavy (non-hydrogen) atoms. The molecule has 0 bridgehead atoms. The average Bonchev–Trinajstić information content (AvgIpc) is 2.19. The third-order valence-corrected chi connectivity index (χ3v) is 2.35. The molecule has 2 N–H and O–H groups in total. The summed E-state index contributed by atoms with van der Waals surface area (Å²) in [4.78, 5) is 0. The van der Waals surface area contributed by atoms with Crippen molar-refractivity contribution in [3.05, 3.63) is 34.1 Å². The second-order valence-corrected chi connectivity index (χ2v) is 3.40. The van der Waals surface area contributed by atoms with E-state index in [0.29, 0.717) is 0 Å². The molecule has 1 aromatic rings. The molecule has 0 spiro atoms. The molecule has 0 aromatic heterocycles. The van der Waals surface area contributed by atoms with Crippen LogP contribution < -0.4 is 5.73 Å². The van der Waals surface area contributed by atoms with Crippen LogP contribution in [0, 0.1) is 17.5 Å². The number of rotatable bonds is 2. The Hall–Kier alpha value is -0.740. The van der Waals surface area contributed by atoms with Gasteiger partial charge in [0.2, 0.25) is 0 Å². The normalized spacial score (nSPS) is 13.0. The van der Waals surface area contributed by atoms with E-state index in [1.807, 2.05) is 0 Å². The van der Waals surface area contributed by atoms with Gasteiger partial charge in [0.15, 0.2) is 11.6 Å². The van der Waals surface area contributed by atoms with Crippen molar-refractivity contribution in [1.82, 2.24) is 0 Å². The van der Waals surface area contributed by atoms with Gasteiger partial charge in [-0.2, -0.15) is 0 Å². The van der Waals surface area contributed by atoms with Gasteiger partial charge in [0.25, 0.3) is 0 Å². The van der Waals surface area contributed by atoms with Crippen molar-refractivity contribution < 1.29 is 13.2 Å². The van der Waals surface area contributed by atoms with Crippen LogP contribution in [0.15, 0.2) is 6.07 Å². The Bertz CT molecular complexity index is 354. The van der Waals surface area contributed by atoms with Gasteiger partial charge in [0, 0.05) is 0 Å². The quantitative estimate of drug-likeness (QED) is 0.606. The van der Waals surface area contributed by atoms with Gasteiger partial charge in [0.05, 0.1) is 0 Å². The highest BCUT2D eigenvalue weighted by atomic mass is 35.5. The highest BCUT2D eigenvalue weighted by Crippen LogP contribution is 2.28. The first-order chi connectivity index (χ1) is 6.49. The van der Waals surface area contributed by atoms with Gasteiger partial charge >= 0.3 is 0 Å². The Labute approximate surface area is 84.7 Å². The summed E-state index contributed by atoms with van der Waals surface area (Å²) >= 11 is 5.26. The molecule has 1 aromatic carbocycles. The van der Waals surface area contributed by atoms with Gasteiger partial charge in [-0.05, 0) is 24.1 Å². The molecule has 5 heteroatoms. The number of hydrogen-bond donors (Lipinski definition) is 1. The summed E-state index contributed by atoms with van der Waals surface area (Å²) < 4.78 is 38.9. The zero-order chi connectivity index (χ0) is 10.9. The van der Waals surface area contributed by atoms with E-state index in [-0.39, 0.29) is 12.1 Å². The molecule has 0 aliphatic rings. The fourth-order valence-electron chi connectivity index (χ4n) is 1.08. The van der Waals surface area contributed by atoms with E-state index < -0.39 is 28.4 Å². The molecule has 0 aliphatic carbocycles. The van der Waals surface area contributed by atoms with Crippen LogP contribution in [0.25, 0.3) is 0 Å². The number of halogens is 4. The van der Waals surface area contributed by atoms with Crippen LogP contribution in [-0.4, -0.2) is 6.54 Å². The minimum Gasteiger partial charge on any atom is -0.330 e. The van der Waals surface area contributed by atoms with Crippen LogP contribution in [-0.2, 0) is 0 Å². The Morgan fingerprint density at radius 2 is 1.93 bits per heavy atom. The number of hydrogen-bond acceptors (Lipinski definition) is 1. The summed E-state index contributed by atoms with van der Waals surface area (Å²) in [6.45, 7) is 1.74. The smallest absolute Gasteiger partial charge is 0.180 e. The molecule has 0 radical (unpaired) electrons. The van der Waals surface area contributed by atoms with E-state index in [2.05, 4.69) is 0 Å². The second kappa shape index (κ2) is 4.19. The SMILES string of the molecule is CC(CN)c1cc(F)c(F)c(Cl)c1F. The van der Waals surface area contributed by atoms with Crippen molar-refractivity contribution >= 4 is 11.6 Å². The zero-order valence-electron chi connectivity index (χ0n) is 7.45. The molecule has 0 aliphatic heterocycles. The Balaban J connectivity index is 3.33. The number of nitrogens with two attached hydrogens (primary N) is 1. The van der Waals surface area contributed by atoms with Crippen LogP contribution in [0.1, 0.15) is 18.4 Å². The van der Waals surface area contributed by atoms with E-state index in [9.17, 15) is 13.2 Å². The first-order valence-corrected chi connectivity index (χ1v) is 4.39. The molecule has 0 saturated carbocycles. The van der Waals surface area contributed by atoms with Crippen molar-refractivity contribution in [3.63, 3.8) is 0 Å². The summed E-state index contributed by atoms with van der Waals surface area (Å²) in [5.41, 5.74) is 5.28. The van der Waals surface area contributed by atoms with Crippen molar-refractivity contribution in [2.24, 2.45) is 5.73 Å². The maximum atomic E-state index is 13.3. The van der Waals surface area contributed by atoms with E-state index in [0.717, 1.165) is 6.07 Å². The number of benzene rings is 1. The maximum Gasteiger partial charge on any atom is 0.180 e. The molecule has 1 unspecified atom stereocenters. The highest BCUT2D eigenvalue weighted by Gasteiger charge is 2.19. The molecule has 1 nitrogen and oxygen atoms in total. The van der Waals surface area contributed by atoms with Crippen molar-refractivity contribution in [3.8, 4) is 0 Å². The maximum absolute atomic E-state index is 13.3. The van der Waals surface area contributed by atoms with Crippen LogP contribution in [0.5, 0.6) is 0 Å². The molecular weight excluding hydrogens is 215 g/mol. The Kier molecular flexibility index (Phi) is 3.39. The van der Waals surface area contributed by atoms with Gasteiger partial charge in [-0.15, -0.1) is 0 Å². The molecule has 0 heterocycles. The Morgan fingerprint density at radius 1 is 1.36 bits per heavy atom. The van der Waals surface area contributed by atoms with Crippen LogP contribution in [0.4, 0.5) is 13.2 Å². The summed E-state index contributed by atoms with van der Waals surface area (Å²) in [6, 6.07) is 0.786. The Morgan fingerprint density at radius 3 is 2.43 bits per heavy atom. The molecule has 0 fully saturated rings. The summed E-state index contributed by atoms with van der Waals surface area (Å²) in [7, 11) is 0. The molecular formula is C9H9ClF3N. The van der Waals surface area contributed by atoms with Crippen molar-refractivity contribution in [2.45, 2.75) is 12.8 Å². The lowest BCUT2D eigenvalue weighted by atomic mass is 10.0. The topological polar surface area (TPSA) is 26.0 Å². The molecule has 78 valence electrons. The third-order valence-electron chi connectivity index (χ3n) is 2.02. The van der Waals surface area contributed by atoms with E-state index in [4.69, 9.17) is 17.3 Å². The van der Waals surface area contributed by atoms with Gasteiger partial charge in [0.1, 0.15) is 10.8 Å². The molecule has 1 rings (SSSR count). The largest absolute Gasteiger partial charge is 0.330 e. The van der Waals surface area contributed by atoms with Crippen LogP contribution in [0.2, 0.25) is 5.02 Å². The lowest BCUT2D eigenvalue weighted by Crippen LogP contribution is -2.11. The van der Waals surface area contributed by atoms with Crippen LogP contribution >= 0.6 is 11.6 Å². The molecule has 0 saturated heterocycles. The first-order valence-electron chi connectivity index (χ1n) is 4.02. The average molecular weight is 224 g/mol. The first kappa shape index (κ1) is 11.3. The minimum absolute atomic E-state index is 0.00333. The van der Waals surface area contributed by atoms with Gasteiger partial charge in [-0.3, -0.25) is 0 Å². The lowest BCUT2D eigenvalue weighted by molar-refractivity contribution is 0.486. The highest BCUT2D eigenvalue weighted by molar-refractivity contribution is 6.31. The second-order valence-electron chi connectivity index (χ2n) is 3.03. The predicted molar refractivity (Wildman–Crippen MR) is 48.8 cm³/mol. The summed E-state index contributed by atoms with van der Waals surface area (Å²) in [5, 5.41) is -0.819. The zero-order valence-corrected chi connectivity index (χ0v) is 8.21. The summed E-state index contributed by atoms with van der Waals surface area (Å²) in [5.74, 6) is -3.87. The van der Waals surface area contributed by atoms with Crippen LogP contribution in [0.3, 0.4) is 0 Å². The van der Waals surface area contributed by atoms with Crippen molar-refractivity contribution in [2.75, 3.05) is 6.54 Å². The van der Waals surface area contributed by atoms with Gasteiger partial charge in [-0.1, -0.05) is 18.5 Å². The molecule has 1 atom stereocenters. The standard InChI is InChI=1S/C9H9ClF3N/c1-4(3-14)5-2-6(11)9(13)7(10)8(5)12/h2,4H,3,14H2,1H3. The monoisotopic (exact) mass is 223 g/mol. The van der Waals surface area contributed by atoms with Crippen molar-refractivity contribution in [1.29, 1.82) is 0 Å². The fourth-order valence-corrected chi connectivity index (χ4v) is 1.28. The fraction of sp³-hybridized carbons (Fsp3) is 0.333. The third kappa shape index (κ3) is 1.86. The van der Waals surface area contributed by atoms with E-state index in [1.54, 1.807) is 6.92 Å². The van der Waals surface area contributed by atoms with Gasteiger partial charge < -0.3 is 5.73 Å². The van der Waals surface area contributed by atoms with Gasteiger partial charge in [-0.25, -0.2) is 13.2 Å². The molecule has 0 amide bonds. The predicted octanol–water partition coefficient (Wildman–Crippen LogP) is 2.82. The van der Waals surface area contributed by atoms with E-state index in [1.165, 1.54) is 0 Å². The minimum atomic E-state index is -1.36. The lowest BCUT2D eigenvalue weighted by Gasteiger charge is -2.11. The van der Waals surface area contributed by atoms with E-state index >= 15 is 0 Å².